The molecular weight excluding hydrogens is 256 g/mol. The smallest absolute Gasteiger partial charge is 0.293 e. The number of anilines is 1. The number of nitrogens with one attached hydrogen (secondary N) is 1. The fourth-order valence-electron chi connectivity index (χ4n) is 1.88. The summed E-state index contributed by atoms with van der Waals surface area (Å²) in [5.41, 5.74) is 0.737. The Morgan fingerprint density at radius 1 is 1.40 bits per heavy atom. The van der Waals surface area contributed by atoms with Crippen LogP contribution in [0.2, 0.25) is 0 Å². The molecule has 0 aliphatic rings. The van der Waals surface area contributed by atoms with Crippen LogP contribution in [0.25, 0.3) is 0 Å². The van der Waals surface area contributed by atoms with Gasteiger partial charge in [0, 0.05) is 18.9 Å². The van der Waals surface area contributed by atoms with Gasteiger partial charge < -0.3 is 14.3 Å². The number of aromatic nitrogens is 3. The lowest BCUT2D eigenvalue weighted by Gasteiger charge is -2.10. The topological polar surface area (TPSA) is 73.0 Å². The van der Waals surface area contributed by atoms with Crippen molar-refractivity contribution in [1.82, 2.24) is 14.5 Å². The first-order chi connectivity index (χ1) is 9.47. The molecule has 0 fully saturated rings. The molecule has 0 unspecified atom stereocenters. The Bertz CT molecular complexity index is 623. The summed E-state index contributed by atoms with van der Waals surface area (Å²) in [6.07, 6.45) is 3.32. The standard InChI is InChI=1S/C14H20N4O2/c1-9(2)8-18-6-5-15-13(14(18)19)16-7-12-17-10(3)11(4)20-12/h5-6,9H,7-8H2,1-4H3,(H,15,16). The zero-order valence-electron chi connectivity index (χ0n) is 12.3. The van der Waals surface area contributed by atoms with Gasteiger partial charge in [-0.15, -0.1) is 0 Å². The monoisotopic (exact) mass is 276 g/mol. The van der Waals surface area contributed by atoms with Crippen molar-refractivity contribution in [1.29, 1.82) is 0 Å². The summed E-state index contributed by atoms with van der Waals surface area (Å²) in [5.74, 6) is 2.07. The normalized spacial score (nSPS) is 11.1. The lowest BCUT2D eigenvalue weighted by molar-refractivity contribution is 0.477. The Morgan fingerprint density at radius 3 is 2.75 bits per heavy atom. The van der Waals surface area contributed by atoms with Gasteiger partial charge in [-0.25, -0.2) is 9.97 Å². The van der Waals surface area contributed by atoms with E-state index in [9.17, 15) is 4.79 Å². The molecule has 0 radical (unpaired) electrons. The van der Waals surface area contributed by atoms with Gasteiger partial charge >= 0.3 is 0 Å². The van der Waals surface area contributed by atoms with E-state index < -0.39 is 0 Å². The van der Waals surface area contributed by atoms with Crippen molar-refractivity contribution in [3.8, 4) is 0 Å². The molecule has 2 rings (SSSR count). The lowest BCUT2D eigenvalue weighted by Crippen LogP contribution is -2.25. The number of hydrogen-bond acceptors (Lipinski definition) is 5. The fraction of sp³-hybridized carbons (Fsp3) is 0.500. The van der Waals surface area contributed by atoms with Gasteiger partial charge in [0.05, 0.1) is 12.2 Å². The van der Waals surface area contributed by atoms with E-state index in [0.29, 0.717) is 30.7 Å². The molecule has 0 atom stereocenters. The SMILES string of the molecule is Cc1nc(CNc2nccn(CC(C)C)c2=O)oc1C. The van der Waals surface area contributed by atoms with E-state index in [2.05, 4.69) is 29.1 Å². The molecule has 0 bridgehead atoms. The first-order valence-electron chi connectivity index (χ1n) is 6.69. The zero-order chi connectivity index (χ0) is 14.7. The number of rotatable bonds is 5. The molecule has 2 heterocycles. The minimum atomic E-state index is -0.124. The molecule has 0 saturated carbocycles. The van der Waals surface area contributed by atoms with Gasteiger partial charge in [-0.3, -0.25) is 4.79 Å². The van der Waals surface area contributed by atoms with Crippen LogP contribution >= 0.6 is 0 Å². The van der Waals surface area contributed by atoms with Crippen molar-refractivity contribution in [2.45, 2.75) is 40.8 Å². The Balaban J connectivity index is 2.11. The van der Waals surface area contributed by atoms with E-state index >= 15 is 0 Å². The minimum absolute atomic E-state index is 0.124. The van der Waals surface area contributed by atoms with Crippen molar-refractivity contribution in [3.63, 3.8) is 0 Å². The van der Waals surface area contributed by atoms with Crippen molar-refractivity contribution >= 4 is 5.82 Å². The highest BCUT2D eigenvalue weighted by Crippen LogP contribution is 2.09. The van der Waals surface area contributed by atoms with Crippen molar-refractivity contribution in [3.05, 3.63) is 40.1 Å². The van der Waals surface area contributed by atoms with Crippen LogP contribution in [-0.4, -0.2) is 14.5 Å². The zero-order valence-corrected chi connectivity index (χ0v) is 12.3. The summed E-state index contributed by atoms with van der Waals surface area (Å²) in [7, 11) is 0. The van der Waals surface area contributed by atoms with Crippen LogP contribution in [0.15, 0.2) is 21.6 Å². The largest absolute Gasteiger partial charge is 0.444 e. The molecule has 0 spiro atoms. The quantitative estimate of drug-likeness (QED) is 0.905. The van der Waals surface area contributed by atoms with Crippen LogP contribution < -0.4 is 10.9 Å². The number of nitrogens with zero attached hydrogens (tertiary/aromatic N) is 3. The van der Waals surface area contributed by atoms with Gasteiger partial charge in [0.25, 0.3) is 5.56 Å². The van der Waals surface area contributed by atoms with Gasteiger partial charge in [-0.05, 0) is 19.8 Å². The average Bonchev–Trinajstić information content (AvgIpc) is 2.69. The average molecular weight is 276 g/mol. The summed E-state index contributed by atoms with van der Waals surface area (Å²) >= 11 is 0. The maximum Gasteiger partial charge on any atom is 0.293 e. The predicted molar refractivity (Wildman–Crippen MR) is 76.6 cm³/mol. The lowest BCUT2D eigenvalue weighted by atomic mass is 10.2. The Labute approximate surface area is 117 Å². The molecule has 0 amide bonds. The Morgan fingerprint density at radius 2 is 2.15 bits per heavy atom. The van der Waals surface area contributed by atoms with Gasteiger partial charge in [0.1, 0.15) is 5.76 Å². The number of aryl methyl sites for hydroxylation is 2. The van der Waals surface area contributed by atoms with Crippen LogP contribution in [0, 0.1) is 19.8 Å². The highest BCUT2D eigenvalue weighted by Gasteiger charge is 2.09. The third-order valence-corrected chi connectivity index (χ3v) is 2.96. The molecular formula is C14H20N4O2. The predicted octanol–water partition coefficient (Wildman–Crippen LogP) is 2.12. The molecule has 6 heteroatoms. The maximum atomic E-state index is 12.2. The van der Waals surface area contributed by atoms with E-state index in [1.165, 1.54) is 0 Å². The maximum absolute atomic E-state index is 12.2. The molecule has 20 heavy (non-hydrogen) atoms. The molecule has 0 saturated heterocycles. The third kappa shape index (κ3) is 3.26. The summed E-state index contributed by atoms with van der Waals surface area (Å²) in [6, 6.07) is 0. The Hall–Kier alpha value is -2.11. The van der Waals surface area contributed by atoms with Crippen LogP contribution in [-0.2, 0) is 13.1 Å². The fourth-order valence-corrected chi connectivity index (χ4v) is 1.88. The van der Waals surface area contributed by atoms with E-state index in [4.69, 9.17) is 4.42 Å². The van der Waals surface area contributed by atoms with Crippen molar-refractivity contribution in [2.24, 2.45) is 5.92 Å². The van der Waals surface area contributed by atoms with Crippen LogP contribution in [0.1, 0.15) is 31.2 Å². The van der Waals surface area contributed by atoms with Gasteiger partial charge in [0.15, 0.2) is 5.82 Å². The second-order valence-electron chi connectivity index (χ2n) is 5.23. The summed E-state index contributed by atoms with van der Waals surface area (Å²) in [5, 5.41) is 2.98. The molecule has 2 aromatic heterocycles. The first-order valence-corrected chi connectivity index (χ1v) is 6.69. The molecule has 2 aromatic rings. The molecule has 108 valence electrons. The van der Waals surface area contributed by atoms with Gasteiger partial charge in [0.2, 0.25) is 5.89 Å². The van der Waals surface area contributed by atoms with Gasteiger partial charge in [-0.1, -0.05) is 13.8 Å². The van der Waals surface area contributed by atoms with Gasteiger partial charge in [-0.2, -0.15) is 0 Å². The second kappa shape index (κ2) is 5.90. The van der Waals surface area contributed by atoms with Crippen LogP contribution in [0.3, 0.4) is 0 Å². The third-order valence-electron chi connectivity index (χ3n) is 2.96. The molecule has 0 aromatic carbocycles. The second-order valence-corrected chi connectivity index (χ2v) is 5.23. The van der Waals surface area contributed by atoms with E-state index in [1.807, 2.05) is 13.8 Å². The summed E-state index contributed by atoms with van der Waals surface area (Å²) in [6.45, 7) is 8.91. The van der Waals surface area contributed by atoms with E-state index in [0.717, 1.165) is 11.5 Å². The molecule has 6 nitrogen and oxygen atoms in total. The number of oxazole rings is 1. The Kier molecular flexibility index (Phi) is 4.22. The van der Waals surface area contributed by atoms with Crippen LogP contribution in [0.5, 0.6) is 0 Å². The molecule has 0 aliphatic carbocycles. The molecule has 1 N–H and O–H groups in total. The number of hydrogen-bond donors (Lipinski definition) is 1. The highest BCUT2D eigenvalue weighted by atomic mass is 16.4. The minimum Gasteiger partial charge on any atom is -0.444 e. The molecule has 0 aliphatic heterocycles. The van der Waals surface area contributed by atoms with Crippen molar-refractivity contribution in [2.75, 3.05) is 5.32 Å². The summed E-state index contributed by atoms with van der Waals surface area (Å²) in [4.78, 5) is 20.5. The van der Waals surface area contributed by atoms with E-state index in [1.54, 1.807) is 17.0 Å². The van der Waals surface area contributed by atoms with Crippen molar-refractivity contribution < 1.29 is 4.42 Å². The highest BCUT2D eigenvalue weighted by molar-refractivity contribution is 5.30. The summed E-state index contributed by atoms with van der Waals surface area (Å²) < 4.78 is 7.12. The first kappa shape index (κ1) is 14.3. The van der Waals surface area contributed by atoms with Crippen LogP contribution in [0.4, 0.5) is 5.82 Å². The van der Waals surface area contributed by atoms with E-state index in [-0.39, 0.29) is 5.56 Å².